The first-order valence-electron chi connectivity index (χ1n) is 6.02. The minimum atomic E-state index is -0.181. The third kappa shape index (κ3) is 1.80. The van der Waals surface area contributed by atoms with Gasteiger partial charge in [-0.05, 0) is 19.7 Å². The van der Waals surface area contributed by atoms with Crippen molar-refractivity contribution in [3.8, 4) is 11.4 Å². The quantitative estimate of drug-likeness (QED) is 0.845. The molecule has 1 aromatic carbocycles. The van der Waals surface area contributed by atoms with Crippen LogP contribution in [0.5, 0.6) is 5.75 Å². The number of nitrogens with zero attached hydrogens (tertiary/aromatic N) is 4. The average Bonchev–Trinajstić information content (AvgIpc) is 2.89. The minimum Gasteiger partial charge on any atom is -0.483 e. The molecule has 0 aliphatic carbocycles. The lowest BCUT2D eigenvalue weighted by Gasteiger charge is -2.22. The zero-order valence-electron chi connectivity index (χ0n) is 10.6. The van der Waals surface area contributed by atoms with E-state index in [0.717, 1.165) is 17.0 Å². The Balaban J connectivity index is 2.16. The number of aromatic nitrogens is 3. The summed E-state index contributed by atoms with van der Waals surface area (Å²) in [6.45, 7) is 5.69. The highest BCUT2D eigenvalue weighted by molar-refractivity contribution is 5.54. The van der Waals surface area contributed by atoms with Crippen LogP contribution >= 0.6 is 0 Å². The number of benzene rings is 1. The molecule has 98 valence electrons. The molecule has 0 saturated heterocycles. The van der Waals surface area contributed by atoms with Gasteiger partial charge < -0.3 is 9.84 Å². The lowest BCUT2D eigenvalue weighted by molar-refractivity contribution is 0.270. The highest BCUT2D eigenvalue weighted by Crippen LogP contribution is 2.36. The van der Waals surface area contributed by atoms with E-state index in [1.54, 1.807) is 4.68 Å². The third-order valence-electron chi connectivity index (χ3n) is 3.18. The van der Waals surface area contributed by atoms with Crippen LogP contribution < -0.4 is 4.74 Å². The predicted octanol–water partition coefficient (Wildman–Crippen LogP) is 1.41. The smallest absolute Gasteiger partial charge is 0.176 e. The van der Waals surface area contributed by atoms with E-state index in [-0.39, 0.29) is 12.6 Å². The Labute approximate surface area is 110 Å². The van der Waals surface area contributed by atoms with Gasteiger partial charge in [-0.3, -0.25) is 4.99 Å². The highest BCUT2D eigenvalue weighted by Gasteiger charge is 2.24. The largest absolute Gasteiger partial charge is 0.483 e. The van der Waals surface area contributed by atoms with E-state index in [4.69, 9.17) is 9.84 Å². The van der Waals surface area contributed by atoms with Crippen molar-refractivity contribution in [1.82, 2.24) is 14.8 Å². The SMILES string of the molecule is C=NC(C)c1cccc2c1OCc1nc(CO)nn1-2. The molecule has 1 aliphatic rings. The molecule has 0 spiro atoms. The fourth-order valence-electron chi connectivity index (χ4n) is 2.18. The number of hydrogen-bond acceptors (Lipinski definition) is 5. The Bertz CT molecular complexity index is 636. The molecule has 6 heteroatoms. The first kappa shape index (κ1) is 11.9. The van der Waals surface area contributed by atoms with Crippen molar-refractivity contribution < 1.29 is 9.84 Å². The van der Waals surface area contributed by atoms with E-state index in [0.29, 0.717) is 18.3 Å². The second-order valence-electron chi connectivity index (χ2n) is 4.36. The van der Waals surface area contributed by atoms with Gasteiger partial charge in [-0.2, -0.15) is 0 Å². The van der Waals surface area contributed by atoms with Crippen LogP contribution in [0.2, 0.25) is 0 Å². The van der Waals surface area contributed by atoms with E-state index in [9.17, 15) is 0 Å². The Morgan fingerprint density at radius 1 is 1.58 bits per heavy atom. The Morgan fingerprint density at radius 2 is 2.42 bits per heavy atom. The van der Waals surface area contributed by atoms with Crippen LogP contribution in [0.25, 0.3) is 5.69 Å². The van der Waals surface area contributed by atoms with Crippen molar-refractivity contribution in [3.63, 3.8) is 0 Å². The summed E-state index contributed by atoms with van der Waals surface area (Å²) < 4.78 is 7.48. The van der Waals surface area contributed by atoms with Crippen molar-refractivity contribution >= 4 is 6.72 Å². The molecule has 3 rings (SSSR count). The van der Waals surface area contributed by atoms with Gasteiger partial charge in [0.05, 0.1) is 6.04 Å². The number of aliphatic hydroxyl groups is 1. The zero-order chi connectivity index (χ0) is 13.4. The molecule has 1 atom stereocenters. The standard InChI is InChI=1S/C13H14N4O2/c1-8(14-2)9-4-3-5-10-13(9)19-7-12-15-11(6-18)16-17(10)12/h3-5,8,18H,2,6-7H2,1H3. The van der Waals surface area contributed by atoms with Crippen LogP contribution in [-0.4, -0.2) is 26.6 Å². The summed E-state index contributed by atoms with van der Waals surface area (Å²) in [7, 11) is 0. The number of aliphatic imine (C=N–C) groups is 1. The van der Waals surface area contributed by atoms with E-state index in [1.165, 1.54) is 0 Å². The van der Waals surface area contributed by atoms with Crippen LogP contribution in [0.15, 0.2) is 23.2 Å². The molecule has 0 amide bonds. The zero-order valence-corrected chi connectivity index (χ0v) is 10.6. The van der Waals surface area contributed by atoms with Gasteiger partial charge in [-0.25, -0.2) is 9.67 Å². The van der Waals surface area contributed by atoms with E-state index in [1.807, 2.05) is 25.1 Å². The molecule has 2 heterocycles. The number of aliphatic hydroxyl groups excluding tert-OH is 1. The normalized spacial score (nSPS) is 14.2. The van der Waals surface area contributed by atoms with Gasteiger partial charge >= 0.3 is 0 Å². The fraction of sp³-hybridized carbons (Fsp3) is 0.308. The van der Waals surface area contributed by atoms with E-state index >= 15 is 0 Å². The van der Waals surface area contributed by atoms with E-state index in [2.05, 4.69) is 21.8 Å². The number of hydrogen-bond donors (Lipinski definition) is 1. The van der Waals surface area contributed by atoms with Crippen LogP contribution in [0.1, 0.15) is 30.2 Å². The first-order valence-corrected chi connectivity index (χ1v) is 6.02. The fourth-order valence-corrected chi connectivity index (χ4v) is 2.18. The maximum atomic E-state index is 9.11. The van der Waals surface area contributed by atoms with Gasteiger partial charge in [-0.15, -0.1) is 5.10 Å². The topological polar surface area (TPSA) is 72.5 Å². The van der Waals surface area contributed by atoms with Crippen LogP contribution in [0.4, 0.5) is 0 Å². The summed E-state index contributed by atoms with van der Waals surface area (Å²) in [4.78, 5) is 8.23. The van der Waals surface area contributed by atoms with Gasteiger partial charge in [0.15, 0.2) is 17.4 Å². The molecule has 1 aromatic heterocycles. The van der Waals surface area contributed by atoms with Gasteiger partial charge in [0.25, 0.3) is 0 Å². The summed E-state index contributed by atoms with van der Waals surface area (Å²) in [5, 5.41) is 13.4. The molecule has 1 unspecified atom stereocenters. The van der Waals surface area contributed by atoms with Crippen molar-refractivity contribution in [3.05, 3.63) is 35.4 Å². The van der Waals surface area contributed by atoms with Crippen molar-refractivity contribution in [2.24, 2.45) is 4.99 Å². The van der Waals surface area contributed by atoms with Crippen molar-refractivity contribution in [2.75, 3.05) is 0 Å². The molecule has 0 bridgehead atoms. The molecule has 19 heavy (non-hydrogen) atoms. The van der Waals surface area contributed by atoms with Gasteiger partial charge in [0, 0.05) is 5.56 Å². The molecule has 0 saturated carbocycles. The van der Waals surface area contributed by atoms with Gasteiger partial charge in [0.2, 0.25) is 0 Å². The molecule has 1 N–H and O–H groups in total. The second kappa shape index (κ2) is 4.47. The van der Waals surface area contributed by atoms with Crippen LogP contribution in [-0.2, 0) is 13.2 Å². The molecule has 6 nitrogen and oxygen atoms in total. The Hall–Kier alpha value is -2.21. The molecule has 2 aromatic rings. The molecular formula is C13H14N4O2. The summed E-state index contributed by atoms with van der Waals surface area (Å²) >= 11 is 0. The Kier molecular flexibility index (Phi) is 2.79. The molecular weight excluding hydrogens is 244 g/mol. The molecule has 0 fully saturated rings. The number of para-hydroxylation sites is 1. The lowest BCUT2D eigenvalue weighted by Crippen LogP contribution is -2.15. The van der Waals surface area contributed by atoms with Gasteiger partial charge in [0.1, 0.15) is 18.9 Å². The number of ether oxygens (including phenoxy) is 1. The number of rotatable bonds is 3. The van der Waals surface area contributed by atoms with E-state index < -0.39 is 0 Å². The van der Waals surface area contributed by atoms with Gasteiger partial charge in [-0.1, -0.05) is 12.1 Å². The third-order valence-corrected chi connectivity index (χ3v) is 3.18. The lowest BCUT2D eigenvalue weighted by atomic mass is 10.1. The maximum absolute atomic E-state index is 9.11. The molecule has 0 radical (unpaired) electrons. The van der Waals surface area contributed by atoms with Crippen molar-refractivity contribution in [2.45, 2.75) is 26.2 Å². The second-order valence-corrected chi connectivity index (χ2v) is 4.36. The summed E-state index contributed by atoms with van der Waals surface area (Å²) in [5.41, 5.74) is 1.79. The Morgan fingerprint density at radius 3 is 3.16 bits per heavy atom. The van der Waals surface area contributed by atoms with Crippen molar-refractivity contribution in [1.29, 1.82) is 0 Å². The van der Waals surface area contributed by atoms with Crippen LogP contribution in [0.3, 0.4) is 0 Å². The first-order chi connectivity index (χ1) is 9.24. The summed E-state index contributed by atoms with van der Waals surface area (Å²) in [6, 6.07) is 5.76. The maximum Gasteiger partial charge on any atom is 0.176 e. The predicted molar refractivity (Wildman–Crippen MR) is 69.6 cm³/mol. The minimum absolute atomic E-state index is 0.0441. The summed E-state index contributed by atoms with van der Waals surface area (Å²) in [6.07, 6.45) is 0. The summed E-state index contributed by atoms with van der Waals surface area (Å²) in [5.74, 6) is 1.84. The highest BCUT2D eigenvalue weighted by atomic mass is 16.5. The molecule has 1 aliphatic heterocycles. The van der Waals surface area contributed by atoms with Crippen LogP contribution in [0, 0.1) is 0 Å². The number of fused-ring (bicyclic) bond motifs is 3. The average molecular weight is 258 g/mol. The monoisotopic (exact) mass is 258 g/mol.